The van der Waals surface area contributed by atoms with Gasteiger partial charge in [0.1, 0.15) is 18.2 Å². The van der Waals surface area contributed by atoms with Gasteiger partial charge in [-0.3, -0.25) is 4.98 Å². The third-order valence-electron chi connectivity index (χ3n) is 4.87. The van der Waals surface area contributed by atoms with Gasteiger partial charge in [-0.2, -0.15) is 0 Å². The predicted molar refractivity (Wildman–Crippen MR) is 117 cm³/mol. The smallest absolute Gasteiger partial charge is 0.337 e. The van der Waals surface area contributed by atoms with Crippen molar-refractivity contribution in [3.63, 3.8) is 0 Å². The second kappa shape index (κ2) is 9.22. The topological polar surface area (TPSA) is 59.4 Å². The van der Waals surface area contributed by atoms with Crippen LogP contribution in [0.5, 0.6) is 5.75 Å². The monoisotopic (exact) mass is 413 g/mol. The van der Waals surface area contributed by atoms with Gasteiger partial charge in [0.15, 0.2) is 0 Å². The Hall–Kier alpha value is -3.99. The minimum atomic E-state index is -1.07. The summed E-state index contributed by atoms with van der Waals surface area (Å²) in [4.78, 5) is 16.3. The van der Waals surface area contributed by atoms with Gasteiger partial charge >= 0.3 is 5.97 Å². The SMILES string of the molecule is O=C(O)c1ccc(-c2ccccc2OCc2ccccc2)nc1Cc1cccc(F)c1. The molecule has 1 heterocycles. The van der Waals surface area contributed by atoms with Crippen molar-refractivity contribution >= 4 is 5.97 Å². The number of nitrogens with zero attached hydrogens (tertiary/aromatic N) is 1. The van der Waals surface area contributed by atoms with Crippen LogP contribution >= 0.6 is 0 Å². The van der Waals surface area contributed by atoms with Crippen molar-refractivity contribution in [2.45, 2.75) is 13.0 Å². The zero-order valence-corrected chi connectivity index (χ0v) is 16.7. The molecule has 0 amide bonds. The lowest BCUT2D eigenvalue weighted by Crippen LogP contribution is -2.07. The first-order valence-electron chi connectivity index (χ1n) is 9.84. The van der Waals surface area contributed by atoms with Gasteiger partial charge < -0.3 is 9.84 Å². The van der Waals surface area contributed by atoms with E-state index in [0.29, 0.717) is 29.3 Å². The van der Waals surface area contributed by atoms with E-state index in [2.05, 4.69) is 4.98 Å². The van der Waals surface area contributed by atoms with E-state index in [4.69, 9.17) is 4.74 Å². The molecule has 0 bridgehead atoms. The number of carbonyl (C=O) groups is 1. The maximum absolute atomic E-state index is 13.6. The average molecular weight is 413 g/mol. The number of aromatic carboxylic acids is 1. The first-order valence-corrected chi connectivity index (χ1v) is 9.84. The summed E-state index contributed by atoms with van der Waals surface area (Å²) in [5.74, 6) is -0.789. The van der Waals surface area contributed by atoms with Gasteiger partial charge in [-0.25, -0.2) is 9.18 Å². The second-order valence-electron chi connectivity index (χ2n) is 7.07. The molecule has 0 aliphatic carbocycles. The Bertz CT molecular complexity index is 1210. The van der Waals surface area contributed by atoms with Crippen molar-refractivity contribution in [2.75, 3.05) is 0 Å². The number of hydrogen-bond donors (Lipinski definition) is 1. The number of halogens is 1. The fraction of sp³-hybridized carbons (Fsp3) is 0.0769. The van der Waals surface area contributed by atoms with E-state index in [9.17, 15) is 14.3 Å². The highest BCUT2D eigenvalue weighted by Gasteiger charge is 2.16. The number of ether oxygens (including phenoxy) is 1. The number of benzene rings is 3. The predicted octanol–water partition coefficient (Wildman–Crippen LogP) is 5.76. The highest BCUT2D eigenvalue weighted by Crippen LogP contribution is 2.30. The molecule has 0 spiro atoms. The maximum Gasteiger partial charge on any atom is 0.337 e. The lowest BCUT2D eigenvalue weighted by molar-refractivity contribution is 0.0695. The standard InChI is InChI=1S/C26H20FNO3/c27-20-10-6-9-19(15-20)16-24-22(26(29)30)13-14-23(28-24)21-11-4-5-12-25(21)31-17-18-7-2-1-3-8-18/h1-15H,16-17H2,(H,29,30). The largest absolute Gasteiger partial charge is 0.488 e. The molecule has 0 aliphatic heterocycles. The minimum absolute atomic E-state index is 0.0932. The van der Waals surface area contributed by atoms with Crippen molar-refractivity contribution in [3.8, 4) is 17.0 Å². The summed E-state index contributed by atoms with van der Waals surface area (Å²) >= 11 is 0. The van der Waals surface area contributed by atoms with Gasteiger partial charge in [-0.05, 0) is 47.5 Å². The molecule has 5 heteroatoms. The molecule has 0 atom stereocenters. The highest BCUT2D eigenvalue weighted by atomic mass is 19.1. The molecular weight excluding hydrogens is 393 g/mol. The van der Waals surface area contributed by atoms with Gasteiger partial charge in [0.05, 0.1) is 17.0 Å². The molecule has 0 saturated heterocycles. The van der Waals surface area contributed by atoms with E-state index >= 15 is 0 Å². The molecule has 4 aromatic rings. The third-order valence-corrected chi connectivity index (χ3v) is 4.87. The second-order valence-corrected chi connectivity index (χ2v) is 7.07. The number of rotatable bonds is 7. The van der Waals surface area contributed by atoms with E-state index in [1.807, 2.05) is 54.6 Å². The number of aromatic nitrogens is 1. The summed E-state index contributed by atoms with van der Waals surface area (Å²) in [5, 5.41) is 9.59. The third kappa shape index (κ3) is 4.95. The molecule has 0 saturated carbocycles. The molecule has 154 valence electrons. The summed E-state index contributed by atoms with van der Waals surface area (Å²) < 4.78 is 19.6. The number of carboxylic acids is 1. The Labute approximate surface area is 179 Å². The van der Waals surface area contributed by atoms with Gasteiger partial charge in [0.25, 0.3) is 0 Å². The molecule has 3 aromatic carbocycles. The van der Waals surface area contributed by atoms with Gasteiger partial charge in [0, 0.05) is 12.0 Å². The lowest BCUT2D eigenvalue weighted by atomic mass is 10.0. The summed E-state index contributed by atoms with van der Waals surface area (Å²) in [6.07, 6.45) is 0.209. The van der Waals surface area contributed by atoms with Crippen LogP contribution in [0, 0.1) is 5.82 Å². The molecule has 1 aromatic heterocycles. The average Bonchev–Trinajstić information content (AvgIpc) is 2.78. The normalized spacial score (nSPS) is 10.6. The quantitative estimate of drug-likeness (QED) is 0.419. The Morgan fingerprint density at radius 2 is 1.61 bits per heavy atom. The van der Waals surface area contributed by atoms with Crippen LogP contribution in [0.15, 0.2) is 91.0 Å². The van der Waals surface area contributed by atoms with Crippen LogP contribution in [0.2, 0.25) is 0 Å². The van der Waals surface area contributed by atoms with Gasteiger partial charge in [0.2, 0.25) is 0 Å². The van der Waals surface area contributed by atoms with Crippen LogP contribution in [0.25, 0.3) is 11.3 Å². The first kappa shape index (κ1) is 20.3. The van der Waals surface area contributed by atoms with Crippen LogP contribution in [0.4, 0.5) is 4.39 Å². The van der Waals surface area contributed by atoms with Crippen LogP contribution in [-0.2, 0) is 13.0 Å². The summed E-state index contributed by atoms with van der Waals surface area (Å²) in [6.45, 7) is 0.404. The van der Waals surface area contributed by atoms with Crippen molar-refractivity contribution in [3.05, 3.63) is 119 Å². The lowest BCUT2D eigenvalue weighted by Gasteiger charge is -2.13. The van der Waals surface area contributed by atoms with E-state index in [1.54, 1.807) is 18.2 Å². The zero-order chi connectivity index (χ0) is 21.6. The number of carboxylic acid groups (broad SMARTS) is 1. The van der Waals surface area contributed by atoms with Crippen LogP contribution < -0.4 is 4.74 Å². The summed E-state index contributed by atoms with van der Waals surface area (Å²) in [5.41, 5.74) is 3.51. The van der Waals surface area contributed by atoms with E-state index < -0.39 is 5.97 Å². The molecule has 0 unspecified atom stereocenters. The van der Waals surface area contributed by atoms with Crippen LogP contribution in [0.3, 0.4) is 0 Å². The zero-order valence-electron chi connectivity index (χ0n) is 16.7. The molecule has 4 rings (SSSR count). The van der Waals surface area contributed by atoms with Crippen molar-refractivity contribution in [1.29, 1.82) is 0 Å². The van der Waals surface area contributed by atoms with Gasteiger partial charge in [-0.1, -0.05) is 54.6 Å². The molecule has 0 fully saturated rings. The Kier molecular flexibility index (Phi) is 6.03. The number of para-hydroxylation sites is 1. The molecule has 0 aliphatic rings. The molecular formula is C26H20FNO3. The Morgan fingerprint density at radius 3 is 2.39 bits per heavy atom. The molecule has 1 N–H and O–H groups in total. The van der Waals surface area contributed by atoms with E-state index in [1.165, 1.54) is 18.2 Å². The fourth-order valence-electron chi connectivity index (χ4n) is 3.36. The minimum Gasteiger partial charge on any atom is -0.488 e. The Morgan fingerprint density at radius 1 is 0.871 bits per heavy atom. The highest BCUT2D eigenvalue weighted by molar-refractivity contribution is 5.89. The van der Waals surface area contributed by atoms with Crippen molar-refractivity contribution in [2.24, 2.45) is 0 Å². The van der Waals surface area contributed by atoms with Gasteiger partial charge in [-0.15, -0.1) is 0 Å². The first-order chi connectivity index (χ1) is 15.1. The van der Waals surface area contributed by atoms with Crippen molar-refractivity contribution < 1.29 is 19.0 Å². The Balaban J connectivity index is 1.67. The molecule has 31 heavy (non-hydrogen) atoms. The molecule has 4 nitrogen and oxygen atoms in total. The maximum atomic E-state index is 13.6. The molecule has 0 radical (unpaired) electrons. The number of pyridine rings is 1. The van der Waals surface area contributed by atoms with E-state index in [0.717, 1.165) is 11.1 Å². The van der Waals surface area contributed by atoms with E-state index in [-0.39, 0.29) is 17.8 Å². The number of hydrogen-bond acceptors (Lipinski definition) is 3. The fourth-order valence-corrected chi connectivity index (χ4v) is 3.36. The van der Waals surface area contributed by atoms with Crippen LogP contribution in [-0.4, -0.2) is 16.1 Å². The summed E-state index contributed by atoms with van der Waals surface area (Å²) in [6, 6.07) is 26.6. The van der Waals surface area contributed by atoms with Crippen molar-refractivity contribution in [1.82, 2.24) is 4.98 Å². The summed E-state index contributed by atoms with van der Waals surface area (Å²) in [7, 11) is 0. The van der Waals surface area contributed by atoms with Crippen LogP contribution in [0.1, 0.15) is 27.2 Å².